The molecule has 1 aromatic heterocycles. The largest absolute Gasteiger partial charge is 0.376 e. The van der Waals surface area contributed by atoms with Crippen LogP contribution in [-0.2, 0) is 4.74 Å². The summed E-state index contributed by atoms with van der Waals surface area (Å²) < 4.78 is 5.68. The van der Waals surface area contributed by atoms with Crippen LogP contribution in [0.5, 0.6) is 0 Å². The van der Waals surface area contributed by atoms with Gasteiger partial charge in [0.05, 0.1) is 12.1 Å². The van der Waals surface area contributed by atoms with E-state index in [0.29, 0.717) is 12.0 Å². The first-order valence-electron chi connectivity index (χ1n) is 8.00. The van der Waals surface area contributed by atoms with Gasteiger partial charge in [-0.2, -0.15) is 0 Å². The zero-order valence-electron chi connectivity index (χ0n) is 13.9. The Labute approximate surface area is 128 Å². The molecule has 1 aromatic rings. The van der Waals surface area contributed by atoms with E-state index in [2.05, 4.69) is 49.9 Å². The SMILES string of the molecule is CCCNc1cc(N(C)C2CCOC2C)nc(C(C)C)n1. The quantitative estimate of drug-likeness (QED) is 0.873. The molecule has 0 aromatic carbocycles. The first kappa shape index (κ1) is 16.0. The topological polar surface area (TPSA) is 50.3 Å². The highest BCUT2D eigenvalue weighted by Gasteiger charge is 2.29. The first-order valence-corrected chi connectivity index (χ1v) is 8.00. The molecule has 1 saturated heterocycles. The van der Waals surface area contributed by atoms with Gasteiger partial charge in [0.2, 0.25) is 0 Å². The molecule has 0 saturated carbocycles. The van der Waals surface area contributed by atoms with Gasteiger partial charge in [-0.15, -0.1) is 0 Å². The highest BCUT2D eigenvalue weighted by molar-refractivity contribution is 5.50. The summed E-state index contributed by atoms with van der Waals surface area (Å²) in [4.78, 5) is 11.6. The number of anilines is 2. The smallest absolute Gasteiger partial charge is 0.135 e. The van der Waals surface area contributed by atoms with Crippen LogP contribution in [-0.4, -0.2) is 42.3 Å². The van der Waals surface area contributed by atoms with Crippen LogP contribution < -0.4 is 10.2 Å². The number of likely N-dealkylation sites (N-methyl/N-ethyl adjacent to an activating group) is 1. The van der Waals surface area contributed by atoms with Crippen LogP contribution in [0.4, 0.5) is 11.6 Å². The number of nitrogens with one attached hydrogen (secondary N) is 1. The standard InChI is InChI=1S/C16H28N4O/c1-6-8-17-14-10-15(19-16(18-14)11(2)3)20(5)13-7-9-21-12(13)4/h10-13H,6-9H2,1-5H3,(H,17,18,19). The summed E-state index contributed by atoms with van der Waals surface area (Å²) in [5.41, 5.74) is 0. The zero-order chi connectivity index (χ0) is 15.4. The second kappa shape index (κ2) is 7.07. The molecule has 0 bridgehead atoms. The van der Waals surface area contributed by atoms with Crippen LogP contribution in [0.25, 0.3) is 0 Å². The summed E-state index contributed by atoms with van der Waals surface area (Å²) in [5.74, 6) is 3.11. The van der Waals surface area contributed by atoms with Crippen LogP contribution in [0, 0.1) is 0 Å². The number of ether oxygens (including phenoxy) is 1. The van der Waals surface area contributed by atoms with Crippen molar-refractivity contribution in [3.05, 3.63) is 11.9 Å². The molecule has 0 aliphatic carbocycles. The summed E-state index contributed by atoms with van der Waals surface area (Å²) >= 11 is 0. The third-order valence-electron chi connectivity index (χ3n) is 4.00. The van der Waals surface area contributed by atoms with E-state index in [1.807, 2.05) is 6.07 Å². The Morgan fingerprint density at radius 1 is 1.43 bits per heavy atom. The van der Waals surface area contributed by atoms with Crippen molar-refractivity contribution in [3.63, 3.8) is 0 Å². The molecule has 1 fully saturated rings. The predicted molar refractivity (Wildman–Crippen MR) is 87.1 cm³/mol. The molecule has 118 valence electrons. The molecule has 2 rings (SSSR count). The fourth-order valence-corrected chi connectivity index (χ4v) is 2.63. The number of nitrogens with zero attached hydrogens (tertiary/aromatic N) is 3. The number of hydrogen-bond donors (Lipinski definition) is 1. The van der Waals surface area contributed by atoms with Crippen molar-refractivity contribution in [2.45, 2.75) is 58.6 Å². The molecule has 0 radical (unpaired) electrons. The molecule has 1 aliphatic rings. The van der Waals surface area contributed by atoms with E-state index in [0.717, 1.165) is 43.5 Å². The fraction of sp³-hybridized carbons (Fsp3) is 0.750. The minimum absolute atomic E-state index is 0.250. The lowest BCUT2D eigenvalue weighted by atomic mass is 10.1. The van der Waals surface area contributed by atoms with Gasteiger partial charge in [-0.05, 0) is 19.8 Å². The lowest BCUT2D eigenvalue weighted by Crippen LogP contribution is -2.37. The van der Waals surface area contributed by atoms with Crippen LogP contribution in [0.3, 0.4) is 0 Å². The van der Waals surface area contributed by atoms with E-state index < -0.39 is 0 Å². The molecule has 5 nitrogen and oxygen atoms in total. The average molecular weight is 292 g/mol. The van der Waals surface area contributed by atoms with Gasteiger partial charge in [-0.3, -0.25) is 0 Å². The Morgan fingerprint density at radius 3 is 2.76 bits per heavy atom. The van der Waals surface area contributed by atoms with E-state index in [-0.39, 0.29) is 6.10 Å². The summed E-state index contributed by atoms with van der Waals surface area (Å²) in [6, 6.07) is 2.44. The molecule has 0 spiro atoms. The van der Waals surface area contributed by atoms with Gasteiger partial charge in [0, 0.05) is 32.2 Å². The predicted octanol–water partition coefficient (Wildman–Crippen LogP) is 3.04. The van der Waals surface area contributed by atoms with Crippen LogP contribution in [0.15, 0.2) is 6.07 Å². The molecular weight excluding hydrogens is 264 g/mol. The van der Waals surface area contributed by atoms with E-state index in [9.17, 15) is 0 Å². The second-order valence-corrected chi connectivity index (χ2v) is 6.09. The van der Waals surface area contributed by atoms with Crippen molar-refractivity contribution >= 4 is 11.6 Å². The van der Waals surface area contributed by atoms with Crippen molar-refractivity contribution in [3.8, 4) is 0 Å². The van der Waals surface area contributed by atoms with Gasteiger partial charge >= 0.3 is 0 Å². The van der Waals surface area contributed by atoms with Gasteiger partial charge in [-0.1, -0.05) is 20.8 Å². The maximum atomic E-state index is 5.68. The lowest BCUT2D eigenvalue weighted by molar-refractivity contribution is 0.118. The molecule has 2 heterocycles. The van der Waals surface area contributed by atoms with Crippen LogP contribution in [0.2, 0.25) is 0 Å². The Hall–Kier alpha value is -1.36. The third-order valence-corrected chi connectivity index (χ3v) is 4.00. The number of hydrogen-bond acceptors (Lipinski definition) is 5. The fourth-order valence-electron chi connectivity index (χ4n) is 2.63. The number of rotatable bonds is 6. The van der Waals surface area contributed by atoms with Crippen molar-refractivity contribution in [2.24, 2.45) is 0 Å². The second-order valence-electron chi connectivity index (χ2n) is 6.09. The zero-order valence-corrected chi connectivity index (χ0v) is 13.9. The summed E-state index contributed by atoms with van der Waals surface area (Å²) in [7, 11) is 2.10. The molecule has 5 heteroatoms. The van der Waals surface area contributed by atoms with Gasteiger partial charge < -0.3 is 15.0 Å². The minimum Gasteiger partial charge on any atom is -0.376 e. The monoisotopic (exact) mass is 292 g/mol. The van der Waals surface area contributed by atoms with Crippen molar-refractivity contribution in [1.29, 1.82) is 0 Å². The summed E-state index contributed by atoms with van der Waals surface area (Å²) in [6.45, 7) is 10.3. The maximum Gasteiger partial charge on any atom is 0.135 e. The van der Waals surface area contributed by atoms with Gasteiger partial charge in [0.15, 0.2) is 0 Å². The van der Waals surface area contributed by atoms with Gasteiger partial charge in [0.25, 0.3) is 0 Å². The van der Waals surface area contributed by atoms with Gasteiger partial charge in [0.1, 0.15) is 17.5 Å². The maximum absolute atomic E-state index is 5.68. The molecule has 21 heavy (non-hydrogen) atoms. The highest BCUT2D eigenvalue weighted by Crippen LogP contribution is 2.25. The molecule has 2 unspecified atom stereocenters. The highest BCUT2D eigenvalue weighted by atomic mass is 16.5. The Morgan fingerprint density at radius 2 is 2.19 bits per heavy atom. The van der Waals surface area contributed by atoms with E-state index >= 15 is 0 Å². The molecule has 1 aliphatic heterocycles. The molecule has 1 N–H and O–H groups in total. The van der Waals surface area contributed by atoms with E-state index in [1.165, 1.54) is 0 Å². The summed E-state index contributed by atoms with van der Waals surface area (Å²) in [6.07, 6.45) is 2.38. The van der Waals surface area contributed by atoms with Crippen LogP contribution in [0.1, 0.15) is 52.3 Å². The van der Waals surface area contributed by atoms with Crippen molar-refractivity contribution in [2.75, 3.05) is 30.4 Å². The van der Waals surface area contributed by atoms with E-state index in [1.54, 1.807) is 0 Å². The Bertz CT molecular complexity index is 464. The minimum atomic E-state index is 0.250. The van der Waals surface area contributed by atoms with Crippen molar-refractivity contribution in [1.82, 2.24) is 9.97 Å². The van der Waals surface area contributed by atoms with Gasteiger partial charge in [-0.25, -0.2) is 9.97 Å². The van der Waals surface area contributed by atoms with E-state index in [4.69, 9.17) is 9.72 Å². The first-order chi connectivity index (χ1) is 10.0. The summed E-state index contributed by atoms with van der Waals surface area (Å²) in [5, 5.41) is 3.38. The Balaban J connectivity index is 2.25. The van der Waals surface area contributed by atoms with Crippen molar-refractivity contribution < 1.29 is 4.74 Å². The molecular formula is C16H28N4O. The normalized spacial score (nSPS) is 21.8. The lowest BCUT2D eigenvalue weighted by Gasteiger charge is -2.28. The molecule has 0 amide bonds. The third kappa shape index (κ3) is 3.84. The molecule has 2 atom stereocenters. The average Bonchev–Trinajstić information content (AvgIpc) is 2.90. The van der Waals surface area contributed by atoms with Crippen LogP contribution >= 0.6 is 0 Å². The Kier molecular flexibility index (Phi) is 5.39. The number of aromatic nitrogens is 2.